The number of carbonyl (C=O) groups is 2. The van der Waals surface area contributed by atoms with Crippen LogP contribution in [0.15, 0.2) is 12.1 Å². The summed E-state index contributed by atoms with van der Waals surface area (Å²) in [6, 6.07) is 5.00. The molecule has 0 radical (unpaired) electrons. The standard InChI is InChI=1S/C15H14N2O4/c16-4-3-14(18)17-11-8-13-12(20-5-6-21-13)7-10(11)15(19)9-1-2-9/h7-9H,1-3,5-6H2,(H,17,18). The van der Waals surface area contributed by atoms with Gasteiger partial charge in [-0.15, -0.1) is 0 Å². The molecule has 0 bridgehead atoms. The monoisotopic (exact) mass is 286 g/mol. The number of ether oxygens (including phenoxy) is 2. The summed E-state index contributed by atoms with van der Waals surface area (Å²) in [6.07, 6.45) is 1.49. The Morgan fingerprint density at radius 3 is 2.52 bits per heavy atom. The van der Waals surface area contributed by atoms with Crippen LogP contribution in [0.25, 0.3) is 0 Å². The number of amides is 1. The van der Waals surface area contributed by atoms with Gasteiger partial charge in [0.15, 0.2) is 17.3 Å². The number of nitrogens with one attached hydrogen (secondary N) is 1. The summed E-state index contributed by atoms with van der Waals surface area (Å²) in [5.74, 6) is 0.599. The Kier molecular flexibility index (Phi) is 3.48. The minimum Gasteiger partial charge on any atom is -0.486 e. The van der Waals surface area contributed by atoms with Crippen molar-refractivity contribution in [2.24, 2.45) is 5.92 Å². The van der Waals surface area contributed by atoms with Crippen LogP contribution in [-0.4, -0.2) is 24.9 Å². The summed E-state index contributed by atoms with van der Waals surface area (Å²) >= 11 is 0. The molecule has 1 heterocycles. The van der Waals surface area contributed by atoms with E-state index < -0.39 is 5.91 Å². The van der Waals surface area contributed by atoms with Gasteiger partial charge in [0.2, 0.25) is 5.91 Å². The zero-order chi connectivity index (χ0) is 14.8. The van der Waals surface area contributed by atoms with Crippen molar-refractivity contribution in [2.45, 2.75) is 19.3 Å². The van der Waals surface area contributed by atoms with E-state index in [4.69, 9.17) is 14.7 Å². The number of hydrogen-bond acceptors (Lipinski definition) is 5. The zero-order valence-corrected chi connectivity index (χ0v) is 11.3. The van der Waals surface area contributed by atoms with E-state index in [9.17, 15) is 9.59 Å². The molecule has 1 aromatic rings. The van der Waals surface area contributed by atoms with Crippen molar-refractivity contribution in [1.82, 2.24) is 0 Å². The lowest BCUT2D eigenvalue weighted by atomic mass is 10.0. The van der Waals surface area contributed by atoms with Crippen LogP contribution in [0.3, 0.4) is 0 Å². The Labute approximate surface area is 121 Å². The molecule has 1 amide bonds. The van der Waals surface area contributed by atoms with E-state index in [1.54, 1.807) is 18.2 Å². The average molecular weight is 286 g/mol. The molecule has 6 heteroatoms. The van der Waals surface area contributed by atoms with Gasteiger partial charge < -0.3 is 14.8 Å². The van der Waals surface area contributed by atoms with Gasteiger partial charge in [0.25, 0.3) is 0 Å². The molecule has 108 valence electrons. The quantitative estimate of drug-likeness (QED) is 0.854. The topological polar surface area (TPSA) is 88.4 Å². The van der Waals surface area contributed by atoms with E-state index in [0.29, 0.717) is 36.0 Å². The maximum absolute atomic E-state index is 12.3. The van der Waals surface area contributed by atoms with Crippen molar-refractivity contribution in [2.75, 3.05) is 18.5 Å². The SMILES string of the molecule is N#CCC(=O)Nc1cc2c(cc1C(=O)C1CC1)OCCO2. The lowest BCUT2D eigenvalue weighted by Gasteiger charge is -2.21. The fourth-order valence-corrected chi connectivity index (χ4v) is 2.23. The first-order chi connectivity index (χ1) is 10.2. The molecule has 1 N–H and O–H groups in total. The van der Waals surface area contributed by atoms with Crippen LogP contribution >= 0.6 is 0 Å². The Morgan fingerprint density at radius 1 is 1.24 bits per heavy atom. The molecule has 0 spiro atoms. The van der Waals surface area contributed by atoms with Crippen molar-refractivity contribution >= 4 is 17.4 Å². The molecule has 1 aromatic carbocycles. The third-order valence-electron chi connectivity index (χ3n) is 3.41. The molecule has 1 fully saturated rings. The van der Waals surface area contributed by atoms with Gasteiger partial charge in [-0.2, -0.15) is 5.26 Å². The molecule has 3 rings (SSSR count). The van der Waals surface area contributed by atoms with Crippen LogP contribution in [0.4, 0.5) is 5.69 Å². The van der Waals surface area contributed by atoms with Crippen LogP contribution in [0.5, 0.6) is 11.5 Å². The number of Topliss-reactive ketones (excluding diaryl/α,β-unsaturated/α-hetero) is 1. The number of benzene rings is 1. The minimum absolute atomic E-state index is 0.000712. The smallest absolute Gasteiger partial charge is 0.238 e. The summed E-state index contributed by atoms with van der Waals surface area (Å²) in [5, 5.41) is 11.2. The maximum atomic E-state index is 12.3. The summed E-state index contributed by atoms with van der Waals surface area (Å²) in [6.45, 7) is 0.860. The largest absolute Gasteiger partial charge is 0.486 e. The van der Waals surface area contributed by atoms with Gasteiger partial charge in [-0.25, -0.2) is 0 Å². The number of carbonyl (C=O) groups excluding carboxylic acids is 2. The van der Waals surface area contributed by atoms with E-state index in [0.717, 1.165) is 12.8 Å². The van der Waals surface area contributed by atoms with Crippen molar-refractivity contribution in [3.63, 3.8) is 0 Å². The molecular formula is C15H14N2O4. The Hall–Kier alpha value is -2.55. The normalized spacial score (nSPS) is 16.0. The van der Waals surface area contributed by atoms with Crippen molar-refractivity contribution < 1.29 is 19.1 Å². The van der Waals surface area contributed by atoms with Gasteiger partial charge in [-0.05, 0) is 18.9 Å². The number of ketones is 1. The lowest BCUT2D eigenvalue weighted by Crippen LogP contribution is -2.19. The fraction of sp³-hybridized carbons (Fsp3) is 0.400. The van der Waals surface area contributed by atoms with Crippen LogP contribution in [0.1, 0.15) is 29.6 Å². The van der Waals surface area contributed by atoms with Crippen molar-refractivity contribution in [1.29, 1.82) is 5.26 Å². The second-order valence-corrected chi connectivity index (χ2v) is 5.06. The number of anilines is 1. The summed E-state index contributed by atoms with van der Waals surface area (Å²) in [5.41, 5.74) is 0.810. The molecule has 1 saturated carbocycles. The fourth-order valence-electron chi connectivity index (χ4n) is 2.23. The second kappa shape index (κ2) is 5.44. The molecule has 0 saturated heterocycles. The average Bonchev–Trinajstić information content (AvgIpc) is 3.30. The van der Waals surface area contributed by atoms with Crippen LogP contribution in [0.2, 0.25) is 0 Å². The van der Waals surface area contributed by atoms with Crippen molar-refractivity contribution in [3.05, 3.63) is 17.7 Å². The number of fused-ring (bicyclic) bond motifs is 1. The first-order valence-electron chi connectivity index (χ1n) is 6.83. The highest BCUT2D eigenvalue weighted by molar-refractivity contribution is 6.07. The van der Waals surface area contributed by atoms with Gasteiger partial charge in [0.05, 0.1) is 11.8 Å². The molecule has 21 heavy (non-hydrogen) atoms. The lowest BCUT2D eigenvalue weighted by molar-refractivity contribution is -0.115. The first-order valence-corrected chi connectivity index (χ1v) is 6.83. The number of nitrogens with zero attached hydrogens (tertiary/aromatic N) is 1. The predicted molar refractivity (Wildman–Crippen MR) is 73.3 cm³/mol. The Balaban J connectivity index is 1.96. The minimum atomic E-state index is -0.445. The number of nitriles is 1. The molecular weight excluding hydrogens is 272 g/mol. The van der Waals surface area contributed by atoms with Crippen LogP contribution in [0, 0.1) is 17.2 Å². The molecule has 0 atom stereocenters. The number of rotatable bonds is 4. The molecule has 0 unspecified atom stereocenters. The van der Waals surface area contributed by atoms with Gasteiger partial charge >= 0.3 is 0 Å². The summed E-state index contributed by atoms with van der Waals surface area (Å²) < 4.78 is 10.9. The third-order valence-corrected chi connectivity index (χ3v) is 3.41. The summed E-state index contributed by atoms with van der Waals surface area (Å²) in [7, 11) is 0. The highest BCUT2D eigenvalue weighted by Crippen LogP contribution is 2.40. The Bertz CT molecular complexity index is 644. The highest BCUT2D eigenvalue weighted by atomic mass is 16.6. The Morgan fingerprint density at radius 2 is 1.90 bits per heavy atom. The molecule has 1 aliphatic carbocycles. The van der Waals surface area contributed by atoms with E-state index >= 15 is 0 Å². The first kappa shape index (κ1) is 13.4. The molecule has 6 nitrogen and oxygen atoms in total. The highest BCUT2D eigenvalue weighted by Gasteiger charge is 2.33. The van der Waals surface area contributed by atoms with E-state index in [1.807, 2.05) is 0 Å². The van der Waals surface area contributed by atoms with E-state index in [1.165, 1.54) is 0 Å². The van der Waals surface area contributed by atoms with Gasteiger partial charge in [0, 0.05) is 17.5 Å². The molecule has 1 aliphatic heterocycles. The van der Waals surface area contributed by atoms with Gasteiger partial charge in [-0.3, -0.25) is 9.59 Å². The van der Waals surface area contributed by atoms with Gasteiger partial charge in [-0.1, -0.05) is 0 Å². The second-order valence-electron chi connectivity index (χ2n) is 5.06. The van der Waals surface area contributed by atoms with E-state index in [-0.39, 0.29) is 18.1 Å². The van der Waals surface area contributed by atoms with E-state index in [2.05, 4.69) is 5.32 Å². The van der Waals surface area contributed by atoms with Crippen LogP contribution < -0.4 is 14.8 Å². The molecule has 0 aromatic heterocycles. The number of hydrogen-bond donors (Lipinski definition) is 1. The van der Waals surface area contributed by atoms with Crippen molar-refractivity contribution in [3.8, 4) is 17.6 Å². The maximum Gasteiger partial charge on any atom is 0.238 e. The molecule has 2 aliphatic rings. The third kappa shape index (κ3) is 2.82. The van der Waals surface area contributed by atoms with Gasteiger partial charge in [0.1, 0.15) is 19.6 Å². The zero-order valence-electron chi connectivity index (χ0n) is 11.3. The summed E-state index contributed by atoms with van der Waals surface area (Å²) in [4.78, 5) is 24.0. The predicted octanol–water partition coefficient (Wildman–Crippen LogP) is 1.90. The van der Waals surface area contributed by atoms with Crippen LogP contribution in [-0.2, 0) is 4.79 Å².